The fourth-order valence-electron chi connectivity index (χ4n) is 4.85. The minimum Gasteiger partial charge on any atom is -0.504 e. The maximum Gasteiger partial charge on any atom is 0.246 e. The van der Waals surface area contributed by atoms with Gasteiger partial charge in [-0.1, -0.05) is 6.07 Å². The summed E-state index contributed by atoms with van der Waals surface area (Å²) in [6, 6.07) is 10.7. The third-order valence-corrected chi connectivity index (χ3v) is 6.75. The van der Waals surface area contributed by atoms with Crippen LogP contribution in [-0.2, 0) is 17.8 Å². The number of ether oxygens (including phenoxy) is 6. The van der Waals surface area contributed by atoms with Crippen molar-refractivity contribution in [3.63, 3.8) is 0 Å². The molecule has 9 nitrogen and oxygen atoms in total. The molecule has 198 valence electrons. The summed E-state index contributed by atoms with van der Waals surface area (Å²) in [5, 5.41) is 9.82. The molecule has 2 aliphatic heterocycles. The van der Waals surface area contributed by atoms with Crippen LogP contribution in [0.2, 0.25) is 0 Å². The Morgan fingerprint density at radius 2 is 1.68 bits per heavy atom. The van der Waals surface area contributed by atoms with Crippen molar-refractivity contribution in [3.8, 4) is 51.4 Å². The van der Waals surface area contributed by atoms with Crippen molar-refractivity contribution < 1.29 is 38.3 Å². The lowest BCUT2D eigenvalue weighted by molar-refractivity contribution is -0.126. The van der Waals surface area contributed by atoms with Crippen LogP contribution in [0, 0.1) is 0 Å². The number of methoxy groups -OCH3 is 4. The number of amides is 1. The van der Waals surface area contributed by atoms with Gasteiger partial charge in [-0.3, -0.25) is 4.79 Å². The van der Waals surface area contributed by atoms with Crippen LogP contribution in [0.15, 0.2) is 42.5 Å². The Morgan fingerprint density at radius 3 is 2.37 bits per heavy atom. The van der Waals surface area contributed by atoms with Crippen LogP contribution in [0.4, 0.5) is 0 Å². The van der Waals surface area contributed by atoms with Gasteiger partial charge in [-0.25, -0.2) is 0 Å². The number of benzene rings is 3. The normalized spacial score (nSPS) is 13.8. The molecule has 0 atom stereocenters. The Hall–Kier alpha value is -4.53. The van der Waals surface area contributed by atoms with Gasteiger partial charge < -0.3 is 38.4 Å². The van der Waals surface area contributed by atoms with E-state index in [1.54, 1.807) is 44.4 Å². The molecule has 0 unspecified atom stereocenters. The molecule has 0 spiro atoms. The maximum absolute atomic E-state index is 13.2. The van der Waals surface area contributed by atoms with Gasteiger partial charge in [0, 0.05) is 24.7 Å². The smallest absolute Gasteiger partial charge is 0.246 e. The van der Waals surface area contributed by atoms with E-state index < -0.39 is 0 Å². The van der Waals surface area contributed by atoms with Crippen LogP contribution in [0.1, 0.15) is 16.7 Å². The number of rotatable bonds is 7. The third-order valence-electron chi connectivity index (χ3n) is 6.75. The quantitative estimate of drug-likeness (QED) is 0.459. The standard InChI is InChI=1S/C29H29NO8/c1-33-22-11-17(5-7-21(22)31)6-8-26(32)30-10-9-18-12-25-29(38-16-37-25)27(20(18)15-30)19-13-23(34-2)28(36-4)24(14-19)35-3/h5-8,11-14,31H,9-10,15-16H2,1-4H3/b8-6+. The number of nitrogens with zero attached hydrogens (tertiary/aromatic N) is 1. The second-order valence-electron chi connectivity index (χ2n) is 8.81. The number of phenols is 1. The summed E-state index contributed by atoms with van der Waals surface area (Å²) in [7, 11) is 6.18. The minimum atomic E-state index is -0.129. The van der Waals surface area contributed by atoms with E-state index in [4.69, 9.17) is 28.4 Å². The number of carbonyl (C=O) groups excluding carboxylic acids is 1. The molecular formula is C29H29NO8. The van der Waals surface area contributed by atoms with Gasteiger partial charge in [0.1, 0.15) is 0 Å². The Morgan fingerprint density at radius 1 is 0.947 bits per heavy atom. The third kappa shape index (κ3) is 4.51. The largest absolute Gasteiger partial charge is 0.504 e. The highest BCUT2D eigenvalue weighted by molar-refractivity contribution is 5.92. The summed E-state index contributed by atoms with van der Waals surface area (Å²) >= 11 is 0. The molecule has 3 aromatic carbocycles. The number of phenolic OH excluding ortho intramolecular Hbond substituents is 1. The summed E-state index contributed by atoms with van der Waals surface area (Å²) < 4.78 is 33.5. The van der Waals surface area contributed by atoms with Crippen molar-refractivity contribution in [3.05, 3.63) is 59.2 Å². The lowest BCUT2D eigenvalue weighted by Gasteiger charge is -2.30. The minimum absolute atomic E-state index is 0.0432. The number of hydrogen-bond acceptors (Lipinski definition) is 8. The molecule has 3 aromatic rings. The van der Waals surface area contributed by atoms with E-state index in [2.05, 4.69) is 0 Å². The molecule has 5 rings (SSSR count). The fourth-order valence-corrected chi connectivity index (χ4v) is 4.85. The lowest BCUT2D eigenvalue weighted by atomic mass is 9.89. The zero-order valence-electron chi connectivity index (χ0n) is 21.7. The van der Waals surface area contributed by atoms with Gasteiger partial charge in [-0.2, -0.15) is 0 Å². The summed E-state index contributed by atoms with van der Waals surface area (Å²) in [4.78, 5) is 15.0. The Labute approximate surface area is 220 Å². The topological polar surface area (TPSA) is 95.9 Å². The molecule has 0 radical (unpaired) electrons. The van der Waals surface area contributed by atoms with Gasteiger partial charge in [0.25, 0.3) is 0 Å². The Balaban J connectivity index is 1.51. The zero-order valence-corrected chi connectivity index (χ0v) is 21.7. The van der Waals surface area contributed by atoms with Gasteiger partial charge in [-0.05, 0) is 65.1 Å². The second kappa shape index (κ2) is 10.5. The SMILES string of the molecule is COc1cc(/C=C/C(=O)N2CCc3cc4c(c(-c5cc(OC)c(OC)c(OC)c5)c3C2)OCO4)ccc1O. The molecule has 0 saturated heterocycles. The molecule has 0 saturated carbocycles. The van der Waals surface area contributed by atoms with E-state index in [1.807, 2.05) is 18.2 Å². The van der Waals surface area contributed by atoms with Crippen LogP contribution >= 0.6 is 0 Å². The van der Waals surface area contributed by atoms with E-state index in [1.165, 1.54) is 19.3 Å². The number of aromatic hydroxyl groups is 1. The second-order valence-corrected chi connectivity index (χ2v) is 8.81. The Kier molecular flexibility index (Phi) is 6.91. The Bertz CT molecular complexity index is 1390. The first-order valence-electron chi connectivity index (χ1n) is 12.1. The maximum atomic E-state index is 13.2. The summed E-state index contributed by atoms with van der Waals surface area (Å²) in [6.07, 6.45) is 3.90. The highest BCUT2D eigenvalue weighted by atomic mass is 16.7. The van der Waals surface area contributed by atoms with Crippen molar-refractivity contribution in [1.82, 2.24) is 4.90 Å². The first-order valence-corrected chi connectivity index (χ1v) is 12.1. The van der Waals surface area contributed by atoms with E-state index in [0.717, 1.165) is 27.8 Å². The first-order chi connectivity index (χ1) is 18.5. The predicted molar refractivity (Wildman–Crippen MR) is 140 cm³/mol. The molecule has 0 bridgehead atoms. The summed E-state index contributed by atoms with van der Waals surface area (Å²) in [5.41, 5.74) is 4.45. The average Bonchev–Trinajstić information content (AvgIpc) is 3.42. The van der Waals surface area contributed by atoms with Gasteiger partial charge >= 0.3 is 0 Å². The van der Waals surface area contributed by atoms with Crippen molar-refractivity contribution in [1.29, 1.82) is 0 Å². The zero-order chi connectivity index (χ0) is 26.8. The predicted octanol–water partition coefficient (Wildman–Crippen LogP) is 4.42. The molecule has 2 aliphatic rings. The molecule has 0 aromatic heterocycles. The van der Waals surface area contributed by atoms with Crippen molar-refractivity contribution in [2.75, 3.05) is 41.8 Å². The molecule has 1 N–H and O–H groups in total. The van der Waals surface area contributed by atoms with Crippen LogP contribution < -0.4 is 28.4 Å². The van der Waals surface area contributed by atoms with Crippen LogP contribution in [0.3, 0.4) is 0 Å². The molecule has 2 heterocycles. The van der Waals surface area contributed by atoms with E-state index in [9.17, 15) is 9.90 Å². The van der Waals surface area contributed by atoms with E-state index >= 15 is 0 Å². The molecular weight excluding hydrogens is 490 g/mol. The molecule has 0 fully saturated rings. The van der Waals surface area contributed by atoms with Gasteiger partial charge in [-0.15, -0.1) is 0 Å². The highest BCUT2D eigenvalue weighted by Gasteiger charge is 2.31. The summed E-state index contributed by atoms with van der Waals surface area (Å²) in [5.74, 6) is 3.08. The van der Waals surface area contributed by atoms with Gasteiger partial charge in [0.15, 0.2) is 34.5 Å². The van der Waals surface area contributed by atoms with Gasteiger partial charge in [0.05, 0.1) is 28.4 Å². The van der Waals surface area contributed by atoms with Crippen LogP contribution in [-0.4, -0.2) is 57.7 Å². The fraction of sp³-hybridized carbons (Fsp3) is 0.276. The average molecular weight is 520 g/mol. The van der Waals surface area contributed by atoms with Crippen LogP contribution in [0.25, 0.3) is 17.2 Å². The molecule has 1 amide bonds. The van der Waals surface area contributed by atoms with Crippen molar-refractivity contribution in [2.24, 2.45) is 0 Å². The van der Waals surface area contributed by atoms with E-state index in [-0.39, 0.29) is 18.4 Å². The number of fused-ring (bicyclic) bond motifs is 2. The van der Waals surface area contributed by atoms with Crippen molar-refractivity contribution in [2.45, 2.75) is 13.0 Å². The number of hydrogen-bond donors (Lipinski definition) is 1. The molecule has 38 heavy (non-hydrogen) atoms. The lowest BCUT2D eigenvalue weighted by Crippen LogP contribution is -2.35. The number of carbonyl (C=O) groups is 1. The summed E-state index contributed by atoms with van der Waals surface area (Å²) in [6.45, 7) is 1.07. The van der Waals surface area contributed by atoms with E-state index in [0.29, 0.717) is 54.0 Å². The van der Waals surface area contributed by atoms with Crippen molar-refractivity contribution >= 4 is 12.0 Å². The van der Waals surface area contributed by atoms with Gasteiger partial charge in [0.2, 0.25) is 18.4 Å². The monoisotopic (exact) mass is 519 g/mol. The highest BCUT2D eigenvalue weighted by Crippen LogP contribution is 2.50. The molecule has 0 aliphatic carbocycles. The van der Waals surface area contributed by atoms with Crippen LogP contribution in [0.5, 0.6) is 40.2 Å². The molecule has 9 heteroatoms. The first kappa shape index (κ1) is 25.1.